The van der Waals surface area contributed by atoms with E-state index in [9.17, 15) is 59.7 Å². The number of fused-ring (bicyclic) bond motifs is 1. The minimum absolute atomic E-state index is 0.00348. The van der Waals surface area contributed by atoms with Crippen LogP contribution in [-0.2, 0) is 21.9 Å². The predicted molar refractivity (Wildman–Crippen MR) is 275 cm³/mol. The molecule has 0 saturated carbocycles. The van der Waals surface area contributed by atoms with Crippen molar-refractivity contribution in [3.05, 3.63) is 137 Å². The molecule has 9 rings (SSSR count). The highest BCUT2D eigenvalue weighted by Crippen LogP contribution is 2.39. The van der Waals surface area contributed by atoms with Gasteiger partial charge in [-0.05, 0) is 173 Å². The highest BCUT2D eigenvalue weighted by atomic mass is 19.4. The fourth-order valence-electron chi connectivity index (χ4n) is 11.7. The number of rotatable bonds is 12. The Bertz CT molecular complexity index is 2770. The maximum absolute atomic E-state index is 13.4. The number of nitrogens with zero attached hydrogens (tertiary/aromatic N) is 4. The summed E-state index contributed by atoms with van der Waals surface area (Å²) in [4.78, 5) is 48.4. The minimum atomic E-state index is -5.03. The molecule has 414 valence electrons. The van der Waals surface area contributed by atoms with E-state index in [2.05, 4.69) is 33.4 Å². The number of aliphatic hydroxyl groups excluding tert-OH is 1. The number of nitrogens with one attached hydrogen (secondary N) is 2. The molecule has 4 aliphatic rings. The largest absolute Gasteiger partial charge is 0.497 e. The zero-order valence-corrected chi connectivity index (χ0v) is 42.6. The van der Waals surface area contributed by atoms with E-state index < -0.39 is 58.8 Å². The fourth-order valence-corrected chi connectivity index (χ4v) is 11.7. The number of methoxy groups -OCH3 is 1. The van der Waals surface area contributed by atoms with Crippen LogP contribution in [0.1, 0.15) is 91.0 Å². The molecular weight excluding hydrogens is 1020 g/mol. The number of anilines is 1. The zero-order chi connectivity index (χ0) is 55.0. The van der Waals surface area contributed by atoms with E-state index in [0.717, 1.165) is 74.3 Å². The summed E-state index contributed by atoms with van der Waals surface area (Å²) in [5, 5.41) is 23.6. The first-order chi connectivity index (χ1) is 36.8. The van der Waals surface area contributed by atoms with Crippen molar-refractivity contribution in [3.63, 3.8) is 0 Å². The first-order valence-electron chi connectivity index (χ1n) is 26.1. The number of benzene rings is 4. The first kappa shape index (κ1) is 56.7. The predicted octanol–water partition coefficient (Wildman–Crippen LogP) is 11.2. The molecule has 0 bridgehead atoms. The van der Waals surface area contributed by atoms with Gasteiger partial charge in [-0.15, -0.1) is 0 Å². The number of ether oxygens (including phenoxy) is 1. The summed E-state index contributed by atoms with van der Waals surface area (Å²) >= 11 is 0. The lowest BCUT2D eigenvalue weighted by Crippen LogP contribution is -2.52. The lowest BCUT2D eigenvalue weighted by Gasteiger charge is -2.43. The summed E-state index contributed by atoms with van der Waals surface area (Å²) in [5.41, 5.74) is 0.275. The molecule has 4 N–H and O–H groups in total. The molecule has 0 radical (unpaired) electrons. The van der Waals surface area contributed by atoms with Gasteiger partial charge in [0, 0.05) is 67.2 Å². The quantitative estimate of drug-likeness (QED) is 0.0715. The van der Waals surface area contributed by atoms with Crippen molar-refractivity contribution >= 4 is 40.6 Å². The van der Waals surface area contributed by atoms with Gasteiger partial charge in [-0.1, -0.05) is 30.3 Å². The molecule has 77 heavy (non-hydrogen) atoms. The van der Waals surface area contributed by atoms with E-state index in [1.54, 1.807) is 12.0 Å². The summed E-state index contributed by atoms with van der Waals surface area (Å²) in [6.07, 6.45) is 0.826. The average molecular weight is 1080 g/mol. The topological polar surface area (TPSA) is 142 Å². The Morgan fingerprint density at radius 1 is 0.701 bits per heavy atom. The van der Waals surface area contributed by atoms with Crippen LogP contribution < -0.4 is 10.1 Å². The third kappa shape index (κ3) is 14.4. The van der Waals surface area contributed by atoms with Crippen molar-refractivity contribution in [2.75, 3.05) is 71.4 Å². The normalized spacial score (nSPS) is 19.0. The number of aromatic amines is 1. The molecule has 1 aromatic heterocycles. The Kier molecular flexibility index (Phi) is 18.3. The third-order valence-corrected chi connectivity index (χ3v) is 15.8. The smallest absolute Gasteiger partial charge is 0.416 e. The Morgan fingerprint density at radius 2 is 1.26 bits per heavy atom. The first-order valence-corrected chi connectivity index (χ1v) is 26.1. The molecular formula is C57H64F8N6O6. The van der Waals surface area contributed by atoms with Crippen LogP contribution in [0, 0.1) is 23.5 Å². The van der Waals surface area contributed by atoms with Gasteiger partial charge in [0.05, 0.1) is 24.8 Å². The summed E-state index contributed by atoms with van der Waals surface area (Å²) in [6, 6.07) is 19.0. The maximum Gasteiger partial charge on any atom is 0.416 e. The number of urea groups is 1. The SMILES string of the molecule is COc1ccc(C2CCN(C(CO)C3CCN(C(=O)/C=C/c4cc(F)cc(F)c4)CC3)CC2)cc1.O=C(O)C(C1CCN(C(=O)Nc2cc(C(F)(F)F)cc(C(F)(F)F)c2)CC1)N1CCC(c2c[nH]c3ccccc23)CC1. The van der Waals surface area contributed by atoms with Gasteiger partial charge in [0.2, 0.25) is 5.91 Å². The Morgan fingerprint density at radius 3 is 1.83 bits per heavy atom. The van der Waals surface area contributed by atoms with Crippen molar-refractivity contribution in [1.29, 1.82) is 0 Å². The van der Waals surface area contributed by atoms with E-state index >= 15 is 0 Å². The second-order valence-electron chi connectivity index (χ2n) is 20.5. The molecule has 4 aliphatic heterocycles. The molecule has 2 unspecified atom stereocenters. The number of carboxylic acid groups (broad SMARTS) is 1. The number of aromatic nitrogens is 1. The van der Waals surface area contributed by atoms with Gasteiger partial charge in [-0.3, -0.25) is 19.4 Å². The molecule has 3 amide bonds. The second-order valence-corrected chi connectivity index (χ2v) is 20.5. The van der Waals surface area contributed by atoms with E-state index in [1.165, 1.54) is 40.3 Å². The number of H-pyrrole nitrogens is 1. The Balaban J connectivity index is 0.000000207. The number of halogens is 8. The van der Waals surface area contributed by atoms with Crippen molar-refractivity contribution in [2.45, 2.75) is 87.6 Å². The molecule has 5 heterocycles. The number of hydrogen-bond donors (Lipinski definition) is 4. The second kappa shape index (κ2) is 24.9. The van der Waals surface area contributed by atoms with Gasteiger partial charge >= 0.3 is 24.4 Å². The lowest BCUT2D eigenvalue weighted by molar-refractivity contribution is -0.147. The minimum Gasteiger partial charge on any atom is -0.497 e. The Labute approximate surface area is 441 Å². The number of alkyl halides is 6. The molecule has 0 aliphatic carbocycles. The highest BCUT2D eigenvalue weighted by Gasteiger charge is 2.40. The molecule has 20 heteroatoms. The number of carbonyl (C=O) groups excluding carboxylic acids is 2. The number of amides is 3. The number of aliphatic carboxylic acids is 1. The van der Waals surface area contributed by atoms with Crippen LogP contribution in [0.3, 0.4) is 0 Å². The van der Waals surface area contributed by atoms with E-state index in [0.29, 0.717) is 74.5 Å². The van der Waals surface area contributed by atoms with Crippen molar-refractivity contribution in [2.24, 2.45) is 11.8 Å². The number of carboxylic acids is 1. The van der Waals surface area contributed by atoms with E-state index in [1.807, 2.05) is 41.4 Å². The molecule has 4 aromatic carbocycles. The number of aliphatic hydroxyl groups is 1. The third-order valence-electron chi connectivity index (χ3n) is 15.8. The average Bonchev–Trinajstić information content (AvgIpc) is 3.85. The number of likely N-dealkylation sites (tertiary alicyclic amines) is 4. The summed E-state index contributed by atoms with van der Waals surface area (Å²) in [6.45, 7) is 4.69. The van der Waals surface area contributed by atoms with Crippen LogP contribution in [0.15, 0.2) is 97.2 Å². The van der Waals surface area contributed by atoms with Crippen LogP contribution in [0.25, 0.3) is 17.0 Å². The van der Waals surface area contributed by atoms with Crippen LogP contribution in [-0.4, -0.2) is 131 Å². The molecule has 12 nitrogen and oxygen atoms in total. The zero-order valence-electron chi connectivity index (χ0n) is 42.6. The number of para-hydroxylation sites is 1. The van der Waals surface area contributed by atoms with Crippen LogP contribution in [0.4, 0.5) is 45.6 Å². The van der Waals surface area contributed by atoms with Gasteiger partial charge in [-0.25, -0.2) is 13.6 Å². The fraction of sp³-hybridized carbons (Fsp3) is 0.456. The number of piperidine rings is 4. The van der Waals surface area contributed by atoms with Crippen molar-refractivity contribution in [1.82, 2.24) is 24.6 Å². The van der Waals surface area contributed by atoms with Crippen LogP contribution >= 0.6 is 0 Å². The van der Waals surface area contributed by atoms with Crippen molar-refractivity contribution < 1.29 is 64.5 Å². The molecule has 4 fully saturated rings. The van der Waals surface area contributed by atoms with Crippen molar-refractivity contribution in [3.8, 4) is 5.75 Å². The van der Waals surface area contributed by atoms with Gasteiger partial charge in [0.25, 0.3) is 0 Å². The van der Waals surface area contributed by atoms with Gasteiger partial charge in [0.15, 0.2) is 0 Å². The Hall–Kier alpha value is -6.51. The maximum atomic E-state index is 13.4. The molecule has 5 aromatic rings. The monoisotopic (exact) mass is 1080 g/mol. The number of carbonyl (C=O) groups is 3. The molecule has 4 saturated heterocycles. The van der Waals surface area contributed by atoms with E-state index in [-0.39, 0.29) is 43.6 Å². The van der Waals surface area contributed by atoms with Crippen LogP contribution in [0.5, 0.6) is 5.75 Å². The van der Waals surface area contributed by atoms with Gasteiger partial charge in [0.1, 0.15) is 23.4 Å². The van der Waals surface area contributed by atoms with E-state index in [4.69, 9.17) is 4.74 Å². The van der Waals surface area contributed by atoms with Crippen LogP contribution in [0.2, 0.25) is 0 Å². The molecule has 0 spiro atoms. The van der Waals surface area contributed by atoms with Gasteiger partial charge in [-0.2, -0.15) is 26.3 Å². The summed E-state index contributed by atoms with van der Waals surface area (Å²) in [5.74, 6) is -0.678. The highest BCUT2D eigenvalue weighted by molar-refractivity contribution is 5.92. The molecule has 2 atom stereocenters. The van der Waals surface area contributed by atoms with Gasteiger partial charge < -0.3 is 35.1 Å². The lowest BCUT2D eigenvalue weighted by atomic mass is 9.84. The summed E-state index contributed by atoms with van der Waals surface area (Å²) < 4.78 is 111. The summed E-state index contributed by atoms with van der Waals surface area (Å²) in [7, 11) is 1.68. The number of hydrogen-bond acceptors (Lipinski definition) is 7. The standard InChI is InChI=1S/C29H30F6N4O3.C28H34F2N2O3/c30-28(31,32)19-13-20(29(33,34)35)15-21(14-19)37-27(42)39-11-7-18(8-12-39)25(26(40)41)38-9-5-17(6-10-38)23-16-36-24-4-2-1-3-22(23)24;1-35-26-5-3-21(4-6-26)22-8-12-31(13-9-22)27(19-33)23-10-14-32(15-11-23)28(34)7-2-20-16-24(29)18-25(30)17-20/h1-4,13-18,25,36H,5-12H2,(H,37,42)(H,40,41);2-7,16-18,22-23,27,33H,8-15,19H2,1H3/b;7-2+.